The maximum absolute atomic E-state index is 14.0. The summed E-state index contributed by atoms with van der Waals surface area (Å²) in [6.07, 6.45) is 4.93. The zero-order valence-electron chi connectivity index (χ0n) is 18.3. The summed E-state index contributed by atoms with van der Waals surface area (Å²) in [4.78, 5) is 18.5. The molecule has 1 aliphatic rings. The first-order chi connectivity index (χ1) is 16.0. The van der Waals surface area contributed by atoms with E-state index < -0.39 is 17.5 Å². The van der Waals surface area contributed by atoms with Gasteiger partial charge in [-0.25, -0.2) is 13.8 Å². The Bertz CT molecular complexity index is 1090. The predicted molar refractivity (Wildman–Crippen MR) is 126 cm³/mol. The number of nitrogens with one attached hydrogen (secondary N) is 2. The molecule has 1 aliphatic heterocycles. The van der Waals surface area contributed by atoms with Crippen LogP contribution in [0.3, 0.4) is 0 Å². The van der Waals surface area contributed by atoms with Gasteiger partial charge >= 0.3 is 0 Å². The van der Waals surface area contributed by atoms with Crippen LogP contribution in [0.4, 0.5) is 26.0 Å². The average molecular weight is 452 g/mol. The van der Waals surface area contributed by atoms with Crippen molar-refractivity contribution in [3.8, 4) is 0 Å². The minimum atomic E-state index is -0.687. The molecule has 2 aromatic carbocycles. The van der Waals surface area contributed by atoms with E-state index in [1.54, 1.807) is 6.07 Å². The second-order valence-electron chi connectivity index (χ2n) is 8.15. The molecule has 3 aromatic rings. The number of benzene rings is 2. The van der Waals surface area contributed by atoms with Crippen LogP contribution in [0, 0.1) is 11.6 Å². The Balaban J connectivity index is 1.44. The number of anilines is 3. The smallest absolute Gasteiger partial charge is 0.252 e. The molecule has 172 valence electrons. The minimum Gasteiger partial charge on any atom is -0.380 e. The van der Waals surface area contributed by atoms with Crippen LogP contribution in [0.5, 0.6) is 0 Å². The summed E-state index contributed by atoms with van der Waals surface area (Å²) in [5, 5.41) is 6.10. The quantitative estimate of drug-likeness (QED) is 0.448. The molecule has 33 heavy (non-hydrogen) atoms. The molecule has 6 nitrogen and oxygen atoms in total. The molecule has 0 aliphatic carbocycles. The largest absolute Gasteiger partial charge is 0.380 e. The molecule has 8 heteroatoms. The molecule has 1 amide bonds. The van der Waals surface area contributed by atoms with E-state index >= 15 is 0 Å². The lowest BCUT2D eigenvalue weighted by Crippen LogP contribution is -2.21. The van der Waals surface area contributed by atoms with Gasteiger partial charge in [-0.2, -0.15) is 0 Å². The van der Waals surface area contributed by atoms with Crippen molar-refractivity contribution in [3.05, 3.63) is 83.1 Å². The highest BCUT2D eigenvalue weighted by atomic mass is 19.1. The number of carbonyl (C=O) groups is 1. The Morgan fingerprint density at radius 3 is 2.42 bits per heavy atom. The number of primary amides is 1. The normalized spacial score (nSPS) is 13.8. The monoisotopic (exact) mass is 451 g/mol. The van der Waals surface area contributed by atoms with Crippen molar-refractivity contribution in [1.82, 2.24) is 9.88 Å². The Hall–Kier alpha value is -3.52. The van der Waals surface area contributed by atoms with Crippen molar-refractivity contribution >= 4 is 23.1 Å². The molecule has 4 rings (SSSR count). The van der Waals surface area contributed by atoms with E-state index in [1.165, 1.54) is 55.9 Å². The molecule has 4 N–H and O–H groups in total. The number of aromatic nitrogens is 1. The Labute approximate surface area is 191 Å². The van der Waals surface area contributed by atoms with Crippen LogP contribution < -0.4 is 16.4 Å². The third-order valence-corrected chi connectivity index (χ3v) is 5.83. The highest BCUT2D eigenvalue weighted by Gasteiger charge is 2.14. The first-order valence-electron chi connectivity index (χ1n) is 11.0. The number of halogens is 2. The van der Waals surface area contributed by atoms with Gasteiger partial charge in [-0.15, -0.1) is 0 Å². The standard InChI is InChI=1S/C25H27F2N5O/c26-21-4-3-5-22(27)19(21)15-29-23-14-24(30-16-20(23)25(28)33)31-18-8-6-17(7-9-18)10-13-32-11-1-2-12-32/h3-9,14,16H,1-2,10-13,15H2,(H2,28,33)(H2,29,30,31). The van der Waals surface area contributed by atoms with Crippen LogP contribution in [0.15, 0.2) is 54.7 Å². The summed E-state index contributed by atoms with van der Waals surface area (Å²) in [6, 6.07) is 13.4. The number of likely N-dealkylation sites (tertiary alicyclic amines) is 1. The molecule has 1 saturated heterocycles. The first-order valence-corrected chi connectivity index (χ1v) is 11.0. The summed E-state index contributed by atoms with van der Waals surface area (Å²) in [5.41, 5.74) is 7.90. The fourth-order valence-corrected chi connectivity index (χ4v) is 3.95. The molecule has 0 spiro atoms. The van der Waals surface area contributed by atoms with Gasteiger partial charge in [-0.3, -0.25) is 4.79 Å². The first kappa shape index (κ1) is 22.7. The molecule has 0 radical (unpaired) electrons. The number of nitrogens with two attached hydrogens (primary N) is 1. The van der Waals surface area contributed by atoms with Gasteiger partial charge < -0.3 is 21.3 Å². The van der Waals surface area contributed by atoms with E-state index in [0.29, 0.717) is 11.5 Å². The van der Waals surface area contributed by atoms with Gasteiger partial charge in [0.2, 0.25) is 0 Å². The van der Waals surface area contributed by atoms with Gasteiger partial charge in [0, 0.05) is 36.6 Å². The van der Waals surface area contributed by atoms with Crippen molar-refractivity contribution in [1.29, 1.82) is 0 Å². The summed E-state index contributed by atoms with van der Waals surface area (Å²) in [7, 11) is 0. The maximum atomic E-state index is 14.0. The fourth-order valence-electron chi connectivity index (χ4n) is 3.95. The number of hydrogen-bond acceptors (Lipinski definition) is 5. The Morgan fingerprint density at radius 2 is 1.76 bits per heavy atom. The van der Waals surface area contributed by atoms with E-state index in [-0.39, 0.29) is 17.7 Å². The summed E-state index contributed by atoms with van der Waals surface area (Å²) in [6.45, 7) is 3.30. The third kappa shape index (κ3) is 5.84. The van der Waals surface area contributed by atoms with E-state index in [2.05, 4.69) is 32.7 Å². The lowest BCUT2D eigenvalue weighted by molar-refractivity contribution is 0.100. The van der Waals surface area contributed by atoms with Gasteiger partial charge in [0.25, 0.3) is 5.91 Å². The van der Waals surface area contributed by atoms with Crippen LogP contribution in [0.25, 0.3) is 0 Å². The SMILES string of the molecule is NC(=O)c1cnc(Nc2ccc(CCN3CCCC3)cc2)cc1NCc1c(F)cccc1F. The summed E-state index contributed by atoms with van der Waals surface area (Å²) >= 11 is 0. The Morgan fingerprint density at radius 1 is 1.06 bits per heavy atom. The van der Waals surface area contributed by atoms with Gasteiger partial charge in [0.1, 0.15) is 17.5 Å². The molecular weight excluding hydrogens is 424 g/mol. The number of pyridine rings is 1. The van der Waals surface area contributed by atoms with Crippen molar-refractivity contribution in [3.63, 3.8) is 0 Å². The van der Waals surface area contributed by atoms with Crippen molar-refractivity contribution in [2.24, 2.45) is 5.73 Å². The minimum absolute atomic E-state index is 0.122. The number of rotatable bonds is 9. The molecule has 0 atom stereocenters. The van der Waals surface area contributed by atoms with E-state index in [0.717, 1.165) is 18.7 Å². The van der Waals surface area contributed by atoms with Crippen LogP contribution in [0.2, 0.25) is 0 Å². The molecule has 2 heterocycles. The zero-order valence-corrected chi connectivity index (χ0v) is 18.3. The fraction of sp³-hybridized carbons (Fsp3) is 0.280. The predicted octanol–water partition coefficient (Wildman–Crippen LogP) is 4.45. The molecule has 0 unspecified atom stereocenters. The topological polar surface area (TPSA) is 83.3 Å². The molecule has 1 aromatic heterocycles. The van der Waals surface area contributed by atoms with Crippen molar-refractivity contribution in [2.75, 3.05) is 30.3 Å². The second kappa shape index (κ2) is 10.4. The van der Waals surface area contributed by atoms with E-state index in [1.807, 2.05) is 12.1 Å². The highest BCUT2D eigenvalue weighted by Crippen LogP contribution is 2.23. The van der Waals surface area contributed by atoms with Gasteiger partial charge in [0.05, 0.1) is 11.3 Å². The van der Waals surface area contributed by atoms with Gasteiger partial charge in [-0.05, 0) is 62.2 Å². The number of nitrogens with zero attached hydrogens (tertiary/aromatic N) is 2. The molecule has 1 fully saturated rings. The highest BCUT2D eigenvalue weighted by molar-refractivity contribution is 5.98. The van der Waals surface area contributed by atoms with E-state index in [9.17, 15) is 13.6 Å². The summed E-state index contributed by atoms with van der Waals surface area (Å²) < 4.78 is 27.9. The summed E-state index contributed by atoms with van der Waals surface area (Å²) in [5.74, 6) is -1.55. The van der Waals surface area contributed by atoms with Gasteiger partial charge in [0.15, 0.2) is 0 Å². The van der Waals surface area contributed by atoms with E-state index in [4.69, 9.17) is 5.73 Å². The number of hydrogen-bond donors (Lipinski definition) is 3. The van der Waals surface area contributed by atoms with Gasteiger partial charge in [-0.1, -0.05) is 18.2 Å². The van der Waals surface area contributed by atoms with Crippen molar-refractivity contribution in [2.45, 2.75) is 25.8 Å². The van der Waals surface area contributed by atoms with Crippen LogP contribution in [-0.2, 0) is 13.0 Å². The van der Waals surface area contributed by atoms with Crippen LogP contribution in [0.1, 0.15) is 34.3 Å². The lowest BCUT2D eigenvalue weighted by atomic mass is 10.1. The molecular formula is C25H27F2N5O. The van der Waals surface area contributed by atoms with Crippen LogP contribution >= 0.6 is 0 Å². The lowest BCUT2D eigenvalue weighted by Gasteiger charge is -2.15. The zero-order chi connectivity index (χ0) is 23.2. The molecule has 0 saturated carbocycles. The van der Waals surface area contributed by atoms with Crippen molar-refractivity contribution < 1.29 is 13.6 Å². The number of carbonyl (C=O) groups excluding carboxylic acids is 1. The third-order valence-electron chi connectivity index (χ3n) is 5.83. The maximum Gasteiger partial charge on any atom is 0.252 e. The number of amides is 1. The molecule has 0 bridgehead atoms. The Kier molecular flexibility index (Phi) is 7.14. The van der Waals surface area contributed by atoms with Crippen LogP contribution in [-0.4, -0.2) is 35.4 Å². The second-order valence-corrected chi connectivity index (χ2v) is 8.15. The average Bonchev–Trinajstić information content (AvgIpc) is 3.32.